The SMILES string of the molecule is COc1cc(C(O)c2ccccc2)ccc1F. The Morgan fingerprint density at radius 2 is 1.76 bits per heavy atom. The van der Waals surface area contributed by atoms with Gasteiger partial charge in [-0.1, -0.05) is 36.4 Å². The summed E-state index contributed by atoms with van der Waals surface area (Å²) in [6.07, 6.45) is -0.773. The predicted molar refractivity (Wildman–Crippen MR) is 63.5 cm³/mol. The van der Waals surface area contributed by atoms with Crippen molar-refractivity contribution >= 4 is 0 Å². The summed E-state index contributed by atoms with van der Waals surface area (Å²) in [7, 11) is 1.40. The first kappa shape index (κ1) is 11.6. The van der Waals surface area contributed by atoms with E-state index in [1.54, 1.807) is 6.07 Å². The maximum absolute atomic E-state index is 13.2. The van der Waals surface area contributed by atoms with E-state index in [4.69, 9.17) is 4.74 Å². The summed E-state index contributed by atoms with van der Waals surface area (Å²) in [5.74, 6) is -0.297. The number of aliphatic hydroxyl groups excluding tert-OH is 1. The number of aliphatic hydroxyl groups is 1. The monoisotopic (exact) mass is 232 g/mol. The maximum atomic E-state index is 13.2. The number of ether oxygens (including phenoxy) is 1. The molecule has 0 saturated heterocycles. The summed E-state index contributed by atoms with van der Waals surface area (Å²) in [5, 5.41) is 10.1. The average molecular weight is 232 g/mol. The average Bonchev–Trinajstić information content (AvgIpc) is 2.39. The van der Waals surface area contributed by atoms with E-state index in [0.29, 0.717) is 5.56 Å². The van der Waals surface area contributed by atoms with Gasteiger partial charge in [-0.2, -0.15) is 0 Å². The largest absolute Gasteiger partial charge is 0.494 e. The molecule has 0 spiro atoms. The predicted octanol–water partition coefficient (Wildman–Crippen LogP) is 2.92. The van der Waals surface area contributed by atoms with E-state index in [0.717, 1.165) is 5.56 Å². The van der Waals surface area contributed by atoms with Crippen molar-refractivity contribution < 1.29 is 14.2 Å². The van der Waals surface area contributed by atoms with Crippen molar-refractivity contribution in [3.63, 3.8) is 0 Å². The molecule has 0 amide bonds. The highest BCUT2D eigenvalue weighted by Crippen LogP contribution is 2.26. The van der Waals surface area contributed by atoms with E-state index in [9.17, 15) is 9.50 Å². The lowest BCUT2D eigenvalue weighted by molar-refractivity contribution is 0.219. The summed E-state index contributed by atoms with van der Waals surface area (Å²) in [5.41, 5.74) is 1.37. The molecule has 2 aromatic carbocycles. The molecular weight excluding hydrogens is 219 g/mol. The van der Waals surface area contributed by atoms with Gasteiger partial charge >= 0.3 is 0 Å². The molecule has 0 aliphatic rings. The molecule has 0 radical (unpaired) electrons. The molecule has 2 rings (SSSR count). The Labute approximate surface area is 99.3 Å². The van der Waals surface area contributed by atoms with Gasteiger partial charge in [0, 0.05) is 0 Å². The minimum absolute atomic E-state index is 0.137. The van der Waals surface area contributed by atoms with Gasteiger partial charge in [0.1, 0.15) is 6.10 Å². The molecule has 0 bridgehead atoms. The summed E-state index contributed by atoms with van der Waals surface area (Å²) in [4.78, 5) is 0. The van der Waals surface area contributed by atoms with Crippen molar-refractivity contribution in [2.45, 2.75) is 6.10 Å². The van der Waals surface area contributed by atoms with Crippen LogP contribution in [-0.4, -0.2) is 12.2 Å². The second-order valence-corrected chi connectivity index (χ2v) is 3.71. The zero-order valence-corrected chi connectivity index (χ0v) is 9.43. The van der Waals surface area contributed by atoms with Gasteiger partial charge in [0.05, 0.1) is 7.11 Å². The first-order valence-electron chi connectivity index (χ1n) is 5.29. The van der Waals surface area contributed by atoms with E-state index in [2.05, 4.69) is 0 Å². The van der Waals surface area contributed by atoms with Crippen molar-refractivity contribution in [2.24, 2.45) is 0 Å². The van der Waals surface area contributed by atoms with Crippen LogP contribution in [0.2, 0.25) is 0 Å². The van der Waals surface area contributed by atoms with Crippen LogP contribution in [0.3, 0.4) is 0 Å². The molecule has 88 valence electrons. The first-order chi connectivity index (χ1) is 8.22. The van der Waals surface area contributed by atoms with Gasteiger partial charge in [-0.05, 0) is 23.3 Å². The Kier molecular flexibility index (Phi) is 3.40. The van der Waals surface area contributed by atoms with Crippen molar-refractivity contribution in [1.29, 1.82) is 0 Å². The zero-order chi connectivity index (χ0) is 12.3. The van der Waals surface area contributed by atoms with E-state index >= 15 is 0 Å². The van der Waals surface area contributed by atoms with Crippen LogP contribution in [0.1, 0.15) is 17.2 Å². The standard InChI is InChI=1S/C14H13FO2/c1-17-13-9-11(7-8-12(13)15)14(16)10-5-3-2-4-6-10/h2-9,14,16H,1H3. The molecule has 0 aromatic heterocycles. The minimum atomic E-state index is -0.773. The second-order valence-electron chi connectivity index (χ2n) is 3.71. The Hall–Kier alpha value is -1.87. The van der Waals surface area contributed by atoms with Crippen LogP contribution in [0.25, 0.3) is 0 Å². The summed E-state index contributed by atoms with van der Waals surface area (Å²) in [6.45, 7) is 0. The third kappa shape index (κ3) is 2.45. The fraction of sp³-hybridized carbons (Fsp3) is 0.143. The number of methoxy groups -OCH3 is 1. The van der Waals surface area contributed by atoms with E-state index in [1.165, 1.54) is 19.2 Å². The van der Waals surface area contributed by atoms with Gasteiger partial charge in [-0.3, -0.25) is 0 Å². The zero-order valence-electron chi connectivity index (χ0n) is 9.43. The van der Waals surface area contributed by atoms with Gasteiger partial charge in [0.25, 0.3) is 0 Å². The third-order valence-corrected chi connectivity index (χ3v) is 2.61. The number of hydrogen-bond donors (Lipinski definition) is 1. The number of rotatable bonds is 3. The highest BCUT2D eigenvalue weighted by atomic mass is 19.1. The molecule has 1 unspecified atom stereocenters. The molecule has 17 heavy (non-hydrogen) atoms. The van der Waals surface area contributed by atoms with Crippen LogP contribution in [-0.2, 0) is 0 Å². The number of hydrogen-bond acceptors (Lipinski definition) is 2. The smallest absolute Gasteiger partial charge is 0.165 e. The highest BCUT2D eigenvalue weighted by molar-refractivity contribution is 5.36. The summed E-state index contributed by atoms with van der Waals surface area (Å²) < 4.78 is 18.1. The molecule has 0 heterocycles. The maximum Gasteiger partial charge on any atom is 0.165 e. The third-order valence-electron chi connectivity index (χ3n) is 2.61. The van der Waals surface area contributed by atoms with E-state index in [1.807, 2.05) is 30.3 Å². The quantitative estimate of drug-likeness (QED) is 0.881. The number of halogens is 1. The molecule has 1 atom stereocenters. The van der Waals surface area contributed by atoms with Crippen molar-refractivity contribution in [1.82, 2.24) is 0 Å². The van der Waals surface area contributed by atoms with Crippen LogP contribution >= 0.6 is 0 Å². The van der Waals surface area contributed by atoms with Crippen LogP contribution in [0.4, 0.5) is 4.39 Å². The summed E-state index contributed by atoms with van der Waals surface area (Å²) >= 11 is 0. The molecule has 0 aliphatic carbocycles. The topological polar surface area (TPSA) is 29.5 Å². The Balaban J connectivity index is 2.34. The van der Waals surface area contributed by atoms with Crippen LogP contribution in [0.5, 0.6) is 5.75 Å². The Morgan fingerprint density at radius 3 is 2.41 bits per heavy atom. The lowest BCUT2D eigenvalue weighted by Crippen LogP contribution is -2.00. The van der Waals surface area contributed by atoms with Gasteiger partial charge in [0.2, 0.25) is 0 Å². The van der Waals surface area contributed by atoms with Gasteiger partial charge in [-0.15, -0.1) is 0 Å². The van der Waals surface area contributed by atoms with Crippen LogP contribution in [0, 0.1) is 5.82 Å². The second kappa shape index (κ2) is 4.97. The van der Waals surface area contributed by atoms with Crippen molar-refractivity contribution in [3.8, 4) is 5.75 Å². The van der Waals surface area contributed by atoms with Crippen molar-refractivity contribution in [3.05, 3.63) is 65.5 Å². The summed E-state index contributed by atoms with van der Waals surface area (Å²) in [6, 6.07) is 13.6. The molecule has 0 aliphatic heterocycles. The van der Waals surface area contributed by atoms with Crippen molar-refractivity contribution in [2.75, 3.05) is 7.11 Å². The lowest BCUT2D eigenvalue weighted by Gasteiger charge is -2.12. The normalized spacial score (nSPS) is 12.2. The Morgan fingerprint density at radius 1 is 1.06 bits per heavy atom. The molecular formula is C14H13FO2. The van der Waals surface area contributed by atoms with Crippen LogP contribution < -0.4 is 4.74 Å². The van der Waals surface area contributed by atoms with Crippen LogP contribution in [0.15, 0.2) is 48.5 Å². The first-order valence-corrected chi connectivity index (χ1v) is 5.29. The molecule has 2 aromatic rings. The molecule has 2 nitrogen and oxygen atoms in total. The molecule has 3 heteroatoms. The van der Waals surface area contributed by atoms with Gasteiger partial charge in [-0.25, -0.2) is 4.39 Å². The number of benzene rings is 2. The fourth-order valence-electron chi connectivity index (χ4n) is 1.67. The molecule has 0 saturated carbocycles. The van der Waals surface area contributed by atoms with E-state index in [-0.39, 0.29) is 5.75 Å². The van der Waals surface area contributed by atoms with Gasteiger partial charge < -0.3 is 9.84 Å². The Bertz CT molecular complexity index is 497. The highest BCUT2D eigenvalue weighted by Gasteiger charge is 2.12. The molecule has 0 fully saturated rings. The lowest BCUT2D eigenvalue weighted by atomic mass is 10.0. The molecule has 1 N–H and O–H groups in total. The van der Waals surface area contributed by atoms with E-state index < -0.39 is 11.9 Å². The fourth-order valence-corrected chi connectivity index (χ4v) is 1.67. The minimum Gasteiger partial charge on any atom is -0.494 e. The van der Waals surface area contributed by atoms with Gasteiger partial charge in [0.15, 0.2) is 11.6 Å².